The van der Waals surface area contributed by atoms with E-state index >= 15 is 0 Å². The Morgan fingerprint density at radius 2 is 2.00 bits per heavy atom. The van der Waals surface area contributed by atoms with Crippen LogP contribution in [-0.4, -0.2) is 11.5 Å². The van der Waals surface area contributed by atoms with E-state index in [0.29, 0.717) is 6.04 Å². The van der Waals surface area contributed by atoms with E-state index in [1.807, 2.05) is 12.3 Å². The summed E-state index contributed by atoms with van der Waals surface area (Å²) in [4.78, 5) is 4.05. The lowest BCUT2D eigenvalue weighted by Crippen LogP contribution is -2.23. The minimum absolute atomic E-state index is 0.348. The summed E-state index contributed by atoms with van der Waals surface area (Å²) in [5, 5.41) is 4.29. The second-order valence-electron chi connectivity index (χ2n) is 4.43. The summed E-state index contributed by atoms with van der Waals surface area (Å²) in [6.07, 6.45) is 7.14. The van der Waals surface area contributed by atoms with Gasteiger partial charge >= 0.3 is 0 Å². The van der Waals surface area contributed by atoms with E-state index in [1.54, 1.807) is 6.20 Å². The molecule has 1 unspecified atom stereocenters. The van der Waals surface area contributed by atoms with Crippen LogP contribution in [0.5, 0.6) is 0 Å². The quantitative estimate of drug-likeness (QED) is 0.788. The van der Waals surface area contributed by atoms with Crippen molar-refractivity contribution in [3.8, 4) is 0 Å². The summed E-state index contributed by atoms with van der Waals surface area (Å²) >= 11 is 6.22. The van der Waals surface area contributed by atoms with Crippen molar-refractivity contribution in [1.29, 1.82) is 0 Å². The molecule has 3 heteroatoms. The van der Waals surface area contributed by atoms with E-state index in [4.69, 9.17) is 11.6 Å². The molecule has 1 aromatic heterocycles. The molecule has 2 nitrogen and oxygen atoms in total. The minimum atomic E-state index is 0.348. The van der Waals surface area contributed by atoms with Gasteiger partial charge in [0.1, 0.15) is 0 Å². The van der Waals surface area contributed by atoms with Crippen LogP contribution in [0.4, 0.5) is 0 Å². The van der Waals surface area contributed by atoms with Gasteiger partial charge in [0, 0.05) is 18.4 Å². The zero-order valence-corrected chi connectivity index (χ0v) is 11.8. The molecule has 0 amide bonds. The summed E-state index contributed by atoms with van der Waals surface area (Å²) in [5.41, 5.74) is 1.18. The van der Waals surface area contributed by atoms with Crippen molar-refractivity contribution >= 4 is 11.6 Å². The molecule has 96 valence electrons. The van der Waals surface area contributed by atoms with Crippen LogP contribution in [0.3, 0.4) is 0 Å². The van der Waals surface area contributed by atoms with Crippen molar-refractivity contribution in [3.63, 3.8) is 0 Å². The zero-order valence-electron chi connectivity index (χ0n) is 11.0. The zero-order chi connectivity index (χ0) is 12.7. The summed E-state index contributed by atoms with van der Waals surface area (Å²) in [7, 11) is 0. The number of nitrogens with zero attached hydrogens (tertiary/aromatic N) is 1. The second kappa shape index (κ2) is 7.67. The van der Waals surface area contributed by atoms with Crippen molar-refractivity contribution in [1.82, 2.24) is 10.3 Å². The number of nitrogens with one attached hydrogen (secondary N) is 1. The Hall–Kier alpha value is -0.600. The van der Waals surface area contributed by atoms with Gasteiger partial charge in [-0.15, -0.1) is 0 Å². The van der Waals surface area contributed by atoms with Gasteiger partial charge in [0.05, 0.1) is 5.02 Å². The third kappa shape index (κ3) is 4.29. The molecule has 0 aliphatic heterocycles. The van der Waals surface area contributed by atoms with Gasteiger partial charge in [0.25, 0.3) is 0 Å². The highest BCUT2D eigenvalue weighted by Crippen LogP contribution is 2.29. The molecule has 1 heterocycles. The van der Waals surface area contributed by atoms with Crippen molar-refractivity contribution in [3.05, 3.63) is 29.0 Å². The number of hydrogen-bond donors (Lipinski definition) is 1. The van der Waals surface area contributed by atoms with Gasteiger partial charge in [-0.1, -0.05) is 45.2 Å². The highest BCUT2D eigenvalue weighted by atomic mass is 35.5. The largest absolute Gasteiger partial charge is 0.310 e. The molecule has 0 fully saturated rings. The first-order valence-electron chi connectivity index (χ1n) is 6.55. The maximum atomic E-state index is 6.22. The fraction of sp³-hybridized carbons (Fsp3) is 0.643. The van der Waals surface area contributed by atoms with Crippen LogP contribution in [0, 0.1) is 5.92 Å². The Balaban J connectivity index is 2.81. The van der Waals surface area contributed by atoms with E-state index in [9.17, 15) is 0 Å². The number of halogens is 1. The average molecular weight is 255 g/mol. The Labute approximate surface area is 110 Å². The molecule has 0 bridgehead atoms. The van der Waals surface area contributed by atoms with E-state index in [-0.39, 0.29) is 0 Å². The smallest absolute Gasteiger partial charge is 0.0637 e. The topological polar surface area (TPSA) is 24.9 Å². The minimum Gasteiger partial charge on any atom is -0.310 e. The first-order chi connectivity index (χ1) is 8.22. The molecule has 1 rings (SSSR count). The summed E-state index contributed by atoms with van der Waals surface area (Å²) in [6, 6.07) is 2.37. The van der Waals surface area contributed by atoms with E-state index < -0.39 is 0 Å². The lowest BCUT2D eigenvalue weighted by molar-refractivity contribution is 0.375. The Morgan fingerprint density at radius 3 is 2.53 bits per heavy atom. The van der Waals surface area contributed by atoms with Crippen molar-refractivity contribution in [2.75, 3.05) is 6.54 Å². The molecule has 0 spiro atoms. The highest BCUT2D eigenvalue weighted by Gasteiger charge is 2.17. The standard InChI is InChI=1S/C14H23ClN2/c1-4-11(5-2)9-14(17-6-3)12-7-8-16-10-13(12)15/h7-8,10-11,14,17H,4-6,9H2,1-3H3. The number of rotatable bonds is 7. The van der Waals surface area contributed by atoms with Crippen molar-refractivity contribution in [2.45, 2.75) is 46.1 Å². The first-order valence-corrected chi connectivity index (χ1v) is 6.93. The Kier molecular flexibility index (Phi) is 6.53. The van der Waals surface area contributed by atoms with Crippen LogP contribution in [0.2, 0.25) is 5.02 Å². The van der Waals surface area contributed by atoms with Gasteiger partial charge in [-0.2, -0.15) is 0 Å². The second-order valence-corrected chi connectivity index (χ2v) is 4.83. The normalized spacial score (nSPS) is 13.0. The van der Waals surface area contributed by atoms with Crippen molar-refractivity contribution in [2.24, 2.45) is 5.92 Å². The summed E-state index contributed by atoms with van der Waals surface area (Å²) in [6.45, 7) is 7.61. The molecule has 1 atom stereocenters. The molecule has 0 aromatic carbocycles. The third-order valence-corrected chi connectivity index (χ3v) is 3.67. The van der Waals surface area contributed by atoms with E-state index in [1.165, 1.54) is 18.4 Å². The van der Waals surface area contributed by atoms with E-state index in [2.05, 4.69) is 31.1 Å². The van der Waals surface area contributed by atoms with Crippen LogP contribution >= 0.6 is 11.6 Å². The van der Waals surface area contributed by atoms with Gasteiger partial charge in [-0.3, -0.25) is 4.98 Å². The van der Waals surface area contributed by atoms with Crippen LogP contribution in [-0.2, 0) is 0 Å². The van der Waals surface area contributed by atoms with Crippen LogP contribution in [0.25, 0.3) is 0 Å². The predicted molar refractivity (Wildman–Crippen MR) is 74.4 cm³/mol. The molecule has 0 aliphatic rings. The monoisotopic (exact) mass is 254 g/mol. The average Bonchev–Trinajstić information content (AvgIpc) is 2.35. The van der Waals surface area contributed by atoms with Gasteiger partial charge in [-0.05, 0) is 30.5 Å². The lowest BCUT2D eigenvalue weighted by Gasteiger charge is -2.23. The van der Waals surface area contributed by atoms with Gasteiger partial charge in [-0.25, -0.2) is 0 Å². The van der Waals surface area contributed by atoms with Gasteiger partial charge in [0.15, 0.2) is 0 Å². The Morgan fingerprint density at radius 1 is 1.29 bits per heavy atom. The molecule has 1 N–H and O–H groups in total. The lowest BCUT2D eigenvalue weighted by atomic mass is 9.91. The molecule has 0 aliphatic carbocycles. The van der Waals surface area contributed by atoms with Crippen LogP contribution in [0.15, 0.2) is 18.5 Å². The molecule has 0 radical (unpaired) electrons. The SMILES string of the molecule is CCNC(CC(CC)CC)c1ccncc1Cl. The number of hydrogen-bond acceptors (Lipinski definition) is 2. The molecule has 0 saturated carbocycles. The van der Waals surface area contributed by atoms with Gasteiger partial charge < -0.3 is 5.32 Å². The number of pyridine rings is 1. The number of aromatic nitrogens is 1. The first kappa shape index (κ1) is 14.5. The molecule has 1 aromatic rings. The van der Waals surface area contributed by atoms with Crippen LogP contribution < -0.4 is 5.32 Å². The molecule has 0 saturated heterocycles. The van der Waals surface area contributed by atoms with Crippen LogP contribution in [0.1, 0.15) is 51.6 Å². The maximum Gasteiger partial charge on any atom is 0.0637 e. The maximum absolute atomic E-state index is 6.22. The predicted octanol–water partition coefficient (Wildman–Crippen LogP) is 4.21. The Bertz CT molecular complexity index is 324. The summed E-state index contributed by atoms with van der Waals surface area (Å²) < 4.78 is 0. The molecule has 17 heavy (non-hydrogen) atoms. The molecular weight excluding hydrogens is 232 g/mol. The van der Waals surface area contributed by atoms with E-state index in [0.717, 1.165) is 23.9 Å². The third-order valence-electron chi connectivity index (χ3n) is 3.35. The van der Waals surface area contributed by atoms with Crippen molar-refractivity contribution < 1.29 is 0 Å². The fourth-order valence-electron chi connectivity index (χ4n) is 2.19. The molecular formula is C14H23ClN2. The fourth-order valence-corrected chi connectivity index (χ4v) is 2.44. The van der Waals surface area contributed by atoms with Gasteiger partial charge in [0.2, 0.25) is 0 Å². The summed E-state index contributed by atoms with van der Waals surface area (Å²) in [5.74, 6) is 0.753. The highest BCUT2D eigenvalue weighted by molar-refractivity contribution is 6.31.